The van der Waals surface area contributed by atoms with E-state index in [-0.39, 0.29) is 32.0 Å². The van der Waals surface area contributed by atoms with Gasteiger partial charge in [-0.2, -0.15) is 0 Å². The first-order valence-corrected chi connectivity index (χ1v) is 17.2. The molecule has 2 saturated heterocycles. The molecule has 3 fully saturated rings. The molecule has 0 unspecified atom stereocenters. The summed E-state index contributed by atoms with van der Waals surface area (Å²) in [6.07, 6.45) is 3.54. The van der Waals surface area contributed by atoms with Crippen LogP contribution in [0.1, 0.15) is 71.8 Å². The van der Waals surface area contributed by atoms with Crippen molar-refractivity contribution in [3.8, 4) is 11.5 Å². The normalized spacial score (nSPS) is 24.1. The average molecular weight is 700 g/mol. The molecule has 0 aromatic heterocycles. The third-order valence-corrected chi connectivity index (χ3v) is 9.29. The summed E-state index contributed by atoms with van der Waals surface area (Å²) in [6, 6.07) is 1.96. The first-order valence-electron chi connectivity index (χ1n) is 17.2. The second kappa shape index (κ2) is 15.3. The highest BCUT2D eigenvalue weighted by molar-refractivity contribution is 6.38. The number of hydrogen-bond donors (Lipinski definition) is 4. The van der Waals surface area contributed by atoms with Crippen molar-refractivity contribution < 1.29 is 47.8 Å². The number of likely N-dealkylation sites (tertiary alicyclic amines) is 1. The number of nitrogens with zero attached hydrogens (tertiary/aromatic N) is 1. The Kier molecular flexibility index (Phi) is 11.3. The number of benzene rings is 1. The molecular weight excluding hydrogens is 650 g/mol. The summed E-state index contributed by atoms with van der Waals surface area (Å²) in [7, 11) is 3.08. The summed E-state index contributed by atoms with van der Waals surface area (Å²) in [5, 5.41) is 8.19. The number of amides is 4. The minimum Gasteiger partial charge on any atom is -0.497 e. The first kappa shape index (κ1) is 36.9. The highest BCUT2D eigenvalue weighted by atomic mass is 16.7. The van der Waals surface area contributed by atoms with Crippen LogP contribution in [0.2, 0.25) is 0 Å². The fourth-order valence-corrected chi connectivity index (χ4v) is 6.37. The van der Waals surface area contributed by atoms with Gasteiger partial charge in [-0.05, 0) is 42.9 Å². The number of carbonyl (C=O) groups is 5. The summed E-state index contributed by atoms with van der Waals surface area (Å²) in [5.41, 5.74) is 2.20. The van der Waals surface area contributed by atoms with Crippen LogP contribution in [0.15, 0.2) is 24.3 Å². The molecule has 0 radical (unpaired) electrons. The molecule has 1 spiro atoms. The number of methoxy groups -OCH3 is 2. The van der Waals surface area contributed by atoms with Crippen molar-refractivity contribution in [1.82, 2.24) is 26.3 Å². The van der Waals surface area contributed by atoms with Gasteiger partial charge in [-0.15, -0.1) is 0 Å². The van der Waals surface area contributed by atoms with Crippen molar-refractivity contribution in [1.29, 1.82) is 0 Å². The number of nitrogens with one attached hydrogen (secondary N) is 4. The van der Waals surface area contributed by atoms with Crippen LogP contribution < -0.4 is 30.9 Å². The zero-order chi connectivity index (χ0) is 36.2. The minimum absolute atomic E-state index is 0.0154. The Hall–Kier alpha value is -4.37. The van der Waals surface area contributed by atoms with Gasteiger partial charge < -0.3 is 39.8 Å². The molecule has 15 nitrogen and oxygen atoms in total. The maximum atomic E-state index is 14.5. The largest absolute Gasteiger partial charge is 0.497 e. The Morgan fingerprint density at radius 3 is 2.46 bits per heavy atom. The van der Waals surface area contributed by atoms with Crippen LogP contribution in [-0.4, -0.2) is 104 Å². The Morgan fingerprint density at radius 1 is 1.08 bits per heavy atom. The lowest BCUT2D eigenvalue weighted by Gasteiger charge is -2.35. The van der Waals surface area contributed by atoms with Gasteiger partial charge in [0.2, 0.25) is 17.6 Å². The first-order chi connectivity index (χ1) is 23.8. The molecule has 3 aliphatic heterocycles. The van der Waals surface area contributed by atoms with E-state index in [1.54, 1.807) is 52.2 Å². The number of hydroxylamine groups is 1. The molecule has 1 aliphatic carbocycles. The molecule has 50 heavy (non-hydrogen) atoms. The molecule has 15 heteroatoms. The molecule has 1 aromatic rings. The zero-order valence-electron chi connectivity index (χ0n) is 29.6. The Balaban J connectivity index is 1.44. The van der Waals surface area contributed by atoms with Gasteiger partial charge in [-0.25, -0.2) is 4.79 Å². The van der Waals surface area contributed by atoms with E-state index in [4.69, 9.17) is 23.8 Å². The standard InChI is InChI=1S/C35H49N5O10/c1-7-8-24(28(41)31(43)36-20-9-10-20)37-30(42)26-17-35(16-25(39-50-35)23-12-11-21(46-5)15-27(23)47-6)19-40(26)32(44)29(34(2,3)4)38-33(45)49-22-13-14-48-18-22/h11-12,15-16,20,22,24,26,29,39H,7-10,13-14,17-19H2,1-6H3,(H,36,43)(H,37,42)(H,38,45)/t22-,24-,26-,29+,35+/m0/s1. The van der Waals surface area contributed by atoms with Crippen molar-refractivity contribution in [2.24, 2.45) is 5.41 Å². The summed E-state index contributed by atoms with van der Waals surface area (Å²) >= 11 is 0. The van der Waals surface area contributed by atoms with Gasteiger partial charge in [0, 0.05) is 30.5 Å². The van der Waals surface area contributed by atoms with E-state index < -0.39 is 64.8 Å². The molecule has 4 amide bonds. The van der Waals surface area contributed by atoms with E-state index in [1.165, 1.54) is 12.0 Å². The van der Waals surface area contributed by atoms with Crippen LogP contribution in [0.25, 0.3) is 5.70 Å². The maximum Gasteiger partial charge on any atom is 0.408 e. The maximum absolute atomic E-state index is 14.5. The number of hydrogen-bond acceptors (Lipinski definition) is 11. The van der Waals surface area contributed by atoms with Gasteiger partial charge in [-0.1, -0.05) is 34.1 Å². The van der Waals surface area contributed by atoms with E-state index in [0.29, 0.717) is 42.2 Å². The summed E-state index contributed by atoms with van der Waals surface area (Å²) < 4.78 is 21.7. The topological polar surface area (TPSA) is 183 Å². The second-order valence-corrected chi connectivity index (χ2v) is 14.4. The molecule has 5 rings (SSSR count). The van der Waals surface area contributed by atoms with E-state index in [0.717, 1.165) is 12.8 Å². The smallest absolute Gasteiger partial charge is 0.408 e. The van der Waals surface area contributed by atoms with Crippen LogP contribution in [-0.2, 0) is 33.5 Å². The van der Waals surface area contributed by atoms with Gasteiger partial charge >= 0.3 is 6.09 Å². The number of ketones is 1. The molecule has 4 aliphatic rings. The molecule has 274 valence electrons. The summed E-state index contributed by atoms with van der Waals surface area (Å²) in [5.74, 6) is -1.53. The van der Waals surface area contributed by atoms with Crippen LogP contribution in [0, 0.1) is 5.41 Å². The molecular formula is C35H49N5O10. The third-order valence-electron chi connectivity index (χ3n) is 9.29. The van der Waals surface area contributed by atoms with Crippen LogP contribution in [0.4, 0.5) is 4.79 Å². The van der Waals surface area contributed by atoms with Crippen molar-refractivity contribution in [2.75, 3.05) is 34.0 Å². The fourth-order valence-electron chi connectivity index (χ4n) is 6.37. The molecule has 5 atom stereocenters. The van der Waals surface area contributed by atoms with Crippen LogP contribution in [0.5, 0.6) is 11.5 Å². The van der Waals surface area contributed by atoms with E-state index in [9.17, 15) is 24.0 Å². The van der Waals surface area contributed by atoms with Crippen molar-refractivity contribution in [2.45, 2.75) is 102 Å². The number of Topliss-reactive ketones (excluding diaryl/α,β-unsaturated/α-hetero) is 1. The van der Waals surface area contributed by atoms with Crippen LogP contribution in [0.3, 0.4) is 0 Å². The molecule has 1 aromatic carbocycles. The minimum atomic E-state index is -1.17. The van der Waals surface area contributed by atoms with E-state index in [1.807, 2.05) is 6.92 Å². The second-order valence-electron chi connectivity index (χ2n) is 14.4. The SMILES string of the molecule is CCC[C@H](NC(=O)[C@@H]1C[C@]2(C=C(c3ccc(OC)cc3OC)NO2)CN1C(=O)[C@@H](NC(=O)O[C@H]1CCOC1)C(C)(C)C)C(=O)C(=O)NC1CC1. The lowest BCUT2D eigenvalue weighted by Crippen LogP contribution is -2.59. The monoisotopic (exact) mass is 699 g/mol. The van der Waals surface area contributed by atoms with Gasteiger partial charge in [0.25, 0.3) is 5.91 Å². The quantitative estimate of drug-likeness (QED) is 0.221. The van der Waals surface area contributed by atoms with Crippen molar-refractivity contribution in [3.05, 3.63) is 29.8 Å². The number of carbonyl (C=O) groups excluding carboxylic acids is 5. The average Bonchev–Trinajstić information content (AvgIpc) is 3.43. The Morgan fingerprint density at radius 2 is 1.84 bits per heavy atom. The predicted molar refractivity (Wildman–Crippen MR) is 180 cm³/mol. The molecule has 4 N–H and O–H groups in total. The number of ether oxygens (including phenoxy) is 4. The molecule has 1 saturated carbocycles. The number of rotatable bonds is 13. The molecule has 0 bridgehead atoms. The third kappa shape index (κ3) is 8.49. The Labute approximate surface area is 292 Å². The van der Waals surface area contributed by atoms with E-state index in [2.05, 4.69) is 21.4 Å². The highest BCUT2D eigenvalue weighted by Gasteiger charge is 2.54. The summed E-state index contributed by atoms with van der Waals surface area (Å²) in [4.78, 5) is 75.1. The summed E-state index contributed by atoms with van der Waals surface area (Å²) in [6.45, 7) is 7.92. The van der Waals surface area contributed by atoms with Gasteiger partial charge in [0.15, 0.2) is 0 Å². The van der Waals surface area contributed by atoms with Crippen molar-refractivity contribution >= 4 is 35.3 Å². The van der Waals surface area contributed by atoms with Gasteiger partial charge in [0.1, 0.15) is 35.3 Å². The lowest BCUT2D eigenvalue weighted by molar-refractivity contribution is -0.144. The molecule has 3 heterocycles. The highest BCUT2D eigenvalue weighted by Crippen LogP contribution is 2.41. The fraction of sp³-hybridized carbons (Fsp3) is 0.629. The van der Waals surface area contributed by atoms with Crippen LogP contribution >= 0.6 is 0 Å². The zero-order valence-corrected chi connectivity index (χ0v) is 29.6. The number of alkyl carbamates (subject to hydrolysis) is 1. The van der Waals surface area contributed by atoms with Gasteiger partial charge in [0.05, 0.1) is 45.7 Å². The van der Waals surface area contributed by atoms with Crippen molar-refractivity contribution in [3.63, 3.8) is 0 Å². The predicted octanol–water partition coefficient (Wildman–Crippen LogP) is 1.98. The Bertz CT molecular complexity index is 1500. The van der Waals surface area contributed by atoms with E-state index >= 15 is 0 Å². The van der Waals surface area contributed by atoms with Gasteiger partial charge in [-0.3, -0.25) is 29.5 Å². The lowest BCUT2D eigenvalue weighted by atomic mass is 9.85.